The minimum Gasteiger partial charge on any atom is -0.457 e. The van der Waals surface area contributed by atoms with E-state index in [0.717, 1.165) is 33.1 Å². The molecule has 0 saturated heterocycles. The zero-order valence-electron chi connectivity index (χ0n) is 14.6. The Labute approximate surface area is 164 Å². The number of nitrogens with zero attached hydrogens (tertiary/aromatic N) is 2. The maximum atomic E-state index is 12.0. The van der Waals surface area contributed by atoms with Gasteiger partial charge < -0.3 is 4.74 Å². The summed E-state index contributed by atoms with van der Waals surface area (Å²) in [6, 6.07) is 8.97. The molecule has 134 valence electrons. The number of aromatic nitrogens is 1. The Hall–Kier alpha value is -2.17. The summed E-state index contributed by atoms with van der Waals surface area (Å²) < 4.78 is 5.90. The SMILES string of the molecule is Cc1nc(SCC(=O)OCC(=O)c2ccc(Br)cc2)c(C#N)c(C)c1C. The van der Waals surface area contributed by atoms with E-state index in [1.165, 1.54) is 0 Å². The van der Waals surface area contributed by atoms with Crippen molar-refractivity contribution in [1.82, 2.24) is 4.98 Å². The summed E-state index contributed by atoms with van der Waals surface area (Å²) in [6.45, 7) is 5.32. The molecule has 1 aromatic heterocycles. The van der Waals surface area contributed by atoms with Crippen LogP contribution < -0.4 is 0 Å². The van der Waals surface area contributed by atoms with Gasteiger partial charge in [-0.05, 0) is 44.0 Å². The number of carbonyl (C=O) groups is 2. The number of thioether (sulfide) groups is 1. The first-order valence-corrected chi connectivity index (χ1v) is 9.56. The number of Topliss-reactive ketones (excluding diaryl/α,β-unsaturated/α-hetero) is 1. The van der Waals surface area contributed by atoms with Gasteiger partial charge in [-0.1, -0.05) is 39.8 Å². The first kappa shape index (κ1) is 20.1. The molecule has 7 heteroatoms. The number of ether oxygens (including phenoxy) is 1. The van der Waals surface area contributed by atoms with E-state index >= 15 is 0 Å². The summed E-state index contributed by atoms with van der Waals surface area (Å²) in [7, 11) is 0. The van der Waals surface area contributed by atoms with E-state index in [2.05, 4.69) is 27.0 Å². The number of rotatable bonds is 6. The fourth-order valence-corrected chi connectivity index (χ4v) is 3.33. The summed E-state index contributed by atoms with van der Waals surface area (Å²) in [5, 5.41) is 9.84. The van der Waals surface area contributed by atoms with Crippen molar-refractivity contribution in [2.45, 2.75) is 25.8 Å². The van der Waals surface area contributed by atoms with Crippen LogP contribution in [0.5, 0.6) is 0 Å². The zero-order valence-corrected chi connectivity index (χ0v) is 17.0. The Morgan fingerprint density at radius 3 is 2.46 bits per heavy atom. The van der Waals surface area contributed by atoms with Crippen LogP contribution in [-0.2, 0) is 9.53 Å². The second-order valence-electron chi connectivity index (χ2n) is 5.62. The molecule has 0 aliphatic heterocycles. The van der Waals surface area contributed by atoms with Crippen molar-refractivity contribution in [3.8, 4) is 6.07 Å². The molecule has 0 unspecified atom stereocenters. The highest BCUT2D eigenvalue weighted by atomic mass is 79.9. The lowest BCUT2D eigenvalue weighted by molar-refractivity contribution is -0.139. The van der Waals surface area contributed by atoms with Gasteiger partial charge in [0, 0.05) is 15.7 Å². The van der Waals surface area contributed by atoms with Crippen molar-refractivity contribution >= 4 is 39.4 Å². The van der Waals surface area contributed by atoms with Gasteiger partial charge in [0.05, 0.1) is 11.3 Å². The Balaban J connectivity index is 1.94. The van der Waals surface area contributed by atoms with Crippen LogP contribution in [0.15, 0.2) is 33.8 Å². The van der Waals surface area contributed by atoms with E-state index < -0.39 is 5.97 Å². The van der Waals surface area contributed by atoms with E-state index in [1.54, 1.807) is 24.3 Å². The third-order valence-corrected chi connectivity index (χ3v) is 5.41. The molecule has 0 amide bonds. The van der Waals surface area contributed by atoms with E-state index in [1.807, 2.05) is 20.8 Å². The van der Waals surface area contributed by atoms with Crippen molar-refractivity contribution in [3.63, 3.8) is 0 Å². The Kier molecular flexibility index (Phi) is 6.95. The summed E-state index contributed by atoms with van der Waals surface area (Å²) in [5.74, 6) is -0.812. The van der Waals surface area contributed by atoms with Gasteiger partial charge in [0.1, 0.15) is 11.1 Å². The van der Waals surface area contributed by atoms with Gasteiger partial charge >= 0.3 is 5.97 Å². The van der Waals surface area contributed by atoms with Crippen LogP contribution >= 0.6 is 27.7 Å². The molecule has 0 radical (unpaired) electrons. The van der Waals surface area contributed by atoms with Crippen molar-refractivity contribution < 1.29 is 14.3 Å². The highest BCUT2D eigenvalue weighted by Gasteiger charge is 2.15. The van der Waals surface area contributed by atoms with Crippen LogP contribution in [-0.4, -0.2) is 29.1 Å². The molecule has 0 fully saturated rings. The predicted molar refractivity (Wildman–Crippen MR) is 103 cm³/mol. The van der Waals surface area contributed by atoms with Gasteiger partial charge in [-0.3, -0.25) is 9.59 Å². The van der Waals surface area contributed by atoms with Crippen LogP contribution in [0, 0.1) is 32.1 Å². The Bertz CT molecular complexity index is 889. The summed E-state index contributed by atoms with van der Waals surface area (Å²) in [4.78, 5) is 28.3. The standard InChI is InChI=1S/C19H17BrN2O3S/c1-11-12(2)16(8-21)19(22-13(11)3)26-10-18(24)25-9-17(23)14-4-6-15(20)7-5-14/h4-7H,9-10H2,1-3H3. The van der Waals surface area contributed by atoms with Gasteiger partial charge in [-0.15, -0.1) is 0 Å². The second kappa shape index (κ2) is 8.97. The van der Waals surface area contributed by atoms with Gasteiger partial charge in [-0.2, -0.15) is 5.26 Å². The highest BCUT2D eigenvalue weighted by molar-refractivity contribution is 9.10. The maximum absolute atomic E-state index is 12.0. The average Bonchev–Trinajstić information content (AvgIpc) is 2.63. The molecule has 0 aliphatic carbocycles. The molecule has 1 aromatic carbocycles. The highest BCUT2D eigenvalue weighted by Crippen LogP contribution is 2.26. The van der Waals surface area contributed by atoms with Crippen LogP contribution in [0.3, 0.4) is 0 Å². The number of esters is 1. The van der Waals surface area contributed by atoms with Crippen LogP contribution in [0.25, 0.3) is 0 Å². The number of hydrogen-bond donors (Lipinski definition) is 0. The van der Waals surface area contributed by atoms with E-state index in [0.29, 0.717) is 16.2 Å². The molecule has 0 bridgehead atoms. The second-order valence-corrected chi connectivity index (χ2v) is 7.50. The number of nitriles is 1. The first-order chi connectivity index (χ1) is 12.3. The molecule has 1 heterocycles. The van der Waals surface area contributed by atoms with E-state index in [-0.39, 0.29) is 18.1 Å². The van der Waals surface area contributed by atoms with Crippen molar-refractivity contribution in [2.75, 3.05) is 12.4 Å². The summed E-state index contributed by atoms with van der Waals surface area (Å²) in [5.41, 5.74) is 3.60. The largest absolute Gasteiger partial charge is 0.457 e. The first-order valence-electron chi connectivity index (χ1n) is 7.78. The van der Waals surface area contributed by atoms with Gasteiger partial charge in [0.15, 0.2) is 12.4 Å². The van der Waals surface area contributed by atoms with Crippen molar-refractivity contribution in [3.05, 3.63) is 56.7 Å². The van der Waals surface area contributed by atoms with Crippen LogP contribution in [0.1, 0.15) is 32.7 Å². The molecule has 0 saturated carbocycles. The molecular formula is C19H17BrN2O3S. The number of benzene rings is 1. The zero-order chi connectivity index (χ0) is 19.3. The number of carbonyl (C=O) groups excluding carboxylic acids is 2. The normalized spacial score (nSPS) is 10.3. The number of halogens is 1. The minimum absolute atomic E-state index is 0.0166. The molecule has 0 spiro atoms. The Morgan fingerprint density at radius 1 is 1.19 bits per heavy atom. The number of hydrogen-bond acceptors (Lipinski definition) is 6. The average molecular weight is 433 g/mol. The third kappa shape index (κ3) is 4.93. The molecule has 0 aliphatic rings. The third-order valence-electron chi connectivity index (χ3n) is 3.93. The monoisotopic (exact) mass is 432 g/mol. The van der Waals surface area contributed by atoms with Crippen LogP contribution in [0.4, 0.5) is 0 Å². The fourth-order valence-electron chi connectivity index (χ4n) is 2.18. The quantitative estimate of drug-likeness (QED) is 0.387. The fraction of sp³-hybridized carbons (Fsp3) is 0.263. The lowest BCUT2D eigenvalue weighted by Crippen LogP contribution is -2.15. The minimum atomic E-state index is -0.526. The molecule has 0 atom stereocenters. The number of pyridine rings is 1. The molecule has 26 heavy (non-hydrogen) atoms. The van der Waals surface area contributed by atoms with Crippen molar-refractivity contribution in [2.24, 2.45) is 0 Å². The number of ketones is 1. The summed E-state index contributed by atoms with van der Waals surface area (Å²) in [6.07, 6.45) is 0. The smallest absolute Gasteiger partial charge is 0.316 e. The topological polar surface area (TPSA) is 80.0 Å². The van der Waals surface area contributed by atoms with Crippen LogP contribution in [0.2, 0.25) is 0 Å². The van der Waals surface area contributed by atoms with Gasteiger partial charge in [-0.25, -0.2) is 4.98 Å². The lowest BCUT2D eigenvalue weighted by atomic mass is 10.1. The lowest BCUT2D eigenvalue weighted by Gasteiger charge is -2.11. The number of aryl methyl sites for hydroxylation is 1. The molecule has 2 rings (SSSR count). The maximum Gasteiger partial charge on any atom is 0.316 e. The van der Waals surface area contributed by atoms with Gasteiger partial charge in [0.25, 0.3) is 0 Å². The van der Waals surface area contributed by atoms with E-state index in [9.17, 15) is 14.9 Å². The summed E-state index contributed by atoms with van der Waals surface area (Å²) >= 11 is 4.44. The molecule has 2 aromatic rings. The predicted octanol–water partition coefficient (Wildman–Crippen LogP) is 4.16. The Morgan fingerprint density at radius 2 is 1.85 bits per heavy atom. The van der Waals surface area contributed by atoms with E-state index in [4.69, 9.17) is 4.74 Å². The molecule has 5 nitrogen and oxygen atoms in total. The van der Waals surface area contributed by atoms with Gasteiger partial charge in [0.2, 0.25) is 0 Å². The van der Waals surface area contributed by atoms with Crippen molar-refractivity contribution in [1.29, 1.82) is 5.26 Å². The molecule has 0 N–H and O–H groups in total. The molecular weight excluding hydrogens is 416 g/mol.